The number of rotatable bonds is 1. The van der Waals surface area contributed by atoms with Gasteiger partial charge < -0.3 is 4.98 Å². The van der Waals surface area contributed by atoms with Gasteiger partial charge in [-0.05, 0) is 18.2 Å². The number of hydrogen-bond acceptors (Lipinski definition) is 0. The summed E-state index contributed by atoms with van der Waals surface area (Å²) in [4.78, 5) is 2.66. The predicted molar refractivity (Wildman–Crippen MR) is 51.0 cm³/mol. The number of aromatic amines is 1. The molecule has 2 rings (SSSR count). The summed E-state index contributed by atoms with van der Waals surface area (Å²) in [5, 5.41) is 0.790. The van der Waals surface area contributed by atoms with Crippen molar-refractivity contribution in [3.63, 3.8) is 0 Å². The van der Waals surface area contributed by atoms with E-state index in [-0.39, 0.29) is 5.69 Å². The maximum atomic E-state index is 12.3. The van der Waals surface area contributed by atoms with Gasteiger partial charge in [-0.25, -0.2) is 8.78 Å². The lowest BCUT2D eigenvalue weighted by molar-refractivity contribution is 0.147. The molecule has 0 unspecified atom stereocenters. The van der Waals surface area contributed by atoms with Crippen LogP contribution in [0.5, 0.6) is 0 Å². The largest absolute Gasteiger partial charge is 0.354 e. The van der Waals surface area contributed by atoms with E-state index in [0.717, 1.165) is 15.4 Å². The number of fused-ring (bicyclic) bond motifs is 1. The Morgan fingerprint density at radius 2 is 2.08 bits per heavy atom. The Balaban J connectivity index is 2.68. The average Bonchev–Trinajstić information content (AvgIpc) is 2.49. The highest BCUT2D eigenvalue weighted by Gasteiger charge is 2.11. The highest BCUT2D eigenvalue weighted by Crippen LogP contribution is 2.28. The van der Waals surface area contributed by atoms with Crippen molar-refractivity contribution in [3.05, 3.63) is 34.4 Å². The fourth-order valence-corrected chi connectivity index (χ4v) is 1.74. The summed E-state index contributed by atoms with van der Waals surface area (Å²) < 4.78 is 25.4. The average molecular weight is 246 g/mol. The SMILES string of the molecule is FC(F)c1cc2c(Br)cccc2[nH]1. The molecule has 1 aromatic carbocycles. The van der Waals surface area contributed by atoms with Crippen molar-refractivity contribution >= 4 is 26.8 Å². The van der Waals surface area contributed by atoms with Gasteiger partial charge in [0.2, 0.25) is 0 Å². The zero-order valence-corrected chi connectivity index (χ0v) is 8.11. The van der Waals surface area contributed by atoms with Gasteiger partial charge in [0.25, 0.3) is 6.43 Å². The molecule has 68 valence electrons. The highest BCUT2D eigenvalue weighted by molar-refractivity contribution is 9.10. The second kappa shape index (κ2) is 3.10. The monoisotopic (exact) mass is 245 g/mol. The normalized spacial score (nSPS) is 11.4. The van der Waals surface area contributed by atoms with Crippen LogP contribution in [0.1, 0.15) is 12.1 Å². The van der Waals surface area contributed by atoms with Crippen LogP contribution in [0.25, 0.3) is 10.9 Å². The summed E-state index contributed by atoms with van der Waals surface area (Å²) in [6.45, 7) is 0. The van der Waals surface area contributed by atoms with Gasteiger partial charge in [0.15, 0.2) is 0 Å². The number of nitrogens with one attached hydrogen (secondary N) is 1. The first-order valence-corrected chi connectivity index (χ1v) is 4.53. The Bertz CT molecular complexity index is 436. The fourth-order valence-electron chi connectivity index (χ4n) is 1.26. The molecule has 1 N–H and O–H groups in total. The predicted octanol–water partition coefficient (Wildman–Crippen LogP) is 3.87. The van der Waals surface area contributed by atoms with Gasteiger partial charge in [-0.2, -0.15) is 0 Å². The van der Waals surface area contributed by atoms with E-state index in [1.54, 1.807) is 12.1 Å². The lowest BCUT2D eigenvalue weighted by atomic mass is 10.2. The summed E-state index contributed by atoms with van der Waals surface area (Å²) in [5.74, 6) is 0. The molecular weight excluding hydrogens is 240 g/mol. The summed E-state index contributed by atoms with van der Waals surface area (Å²) in [6.07, 6.45) is -2.45. The molecule has 1 heterocycles. The smallest absolute Gasteiger partial charge is 0.278 e. The van der Waals surface area contributed by atoms with Crippen LogP contribution in [-0.4, -0.2) is 4.98 Å². The lowest BCUT2D eigenvalue weighted by Gasteiger charge is -1.90. The molecule has 0 fully saturated rings. The highest BCUT2D eigenvalue weighted by atomic mass is 79.9. The molecule has 0 atom stereocenters. The van der Waals surface area contributed by atoms with Crippen LogP contribution in [0.15, 0.2) is 28.7 Å². The van der Waals surface area contributed by atoms with Crippen molar-refractivity contribution in [1.29, 1.82) is 0 Å². The van der Waals surface area contributed by atoms with Crippen LogP contribution in [0, 0.1) is 0 Å². The number of benzene rings is 1. The van der Waals surface area contributed by atoms with Crippen molar-refractivity contribution < 1.29 is 8.78 Å². The zero-order chi connectivity index (χ0) is 9.42. The minimum absolute atomic E-state index is 0.0399. The molecule has 0 bridgehead atoms. The van der Waals surface area contributed by atoms with E-state index in [4.69, 9.17) is 0 Å². The molecular formula is C9H6BrF2N. The van der Waals surface area contributed by atoms with Crippen molar-refractivity contribution in [1.82, 2.24) is 4.98 Å². The molecule has 0 saturated heterocycles. The molecule has 0 spiro atoms. The first-order chi connectivity index (χ1) is 6.18. The van der Waals surface area contributed by atoms with E-state index >= 15 is 0 Å². The number of halogens is 3. The Morgan fingerprint density at radius 1 is 1.31 bits per heavy atom. The quantitative estimate of drug-likeness (QED) is 0.786. The van der Waals surface area contributed by atoms with Gasteiger partial charge in [0.05, 0.1) is 5.69 Å². The van der Waals surface area contributed by atoms with Crippen LogP contribution in [-0.2, 0) is 0 Å². The van der Waals surface area contributed by atoms with Crippen molar-refractivity contribution in [2.45, 2.75) is 6.43 Å². The van der Waals surface area contributed by atoms with E-state index in [0.29, 0.717) is 0 Å². The van der Waals surface area contributed by atoms with E-state index in [9.17, 15) is 8.78 Å². The molecule has 2 aromatic rings. The molecule has 0 radical (unpaired) electrons. The summed E-state index contributed by atoms with van der Waals surface area (Å²) in [6, 6.07) is 6.86. The van der Waals surface area contributed by atoms with Gasteiger partial charge in [-0.15, -0.1) is 0 Å². The molecule has 0 saturated carbocycles. The molecule has 4 heteroatoms. The van der Waals surface area contributed by atoms with Crippen molar-refractivity contribution in [3.8, 4) is 0 Å². The first-order valence-electron chi connectivity index (χ1n) is 3.74. The van der Waals surface area contributed by atoms with Crippen LogP contribution in [0.3, 0.4) is 0 Å². The molecule has 1 nitrogen and oxygen atoms in total. The lowest BCUT2D eigenvalue weighted by Crippen LogP contribution is -1.80. The summed E-state index contributed by atoms with van der Waals surface area (Å²) in [5.41, 5.74) is 0.687. The second-order valence-electron chi connectivity index (χ2n) is 2.73. The fraction of sp³-hybridized carbons (Fsp3) is 0.111. The Kier molecular flexibility index (Phi) is 2.07. The van der Waals surface area contributed by atoms with Crippen LogP contribution >= 0.6 is 15.9 Å². The van der Waals surface area contributed by atoms with Crippen LogP contribution < -0.4 is 0 Å². The summed E-state index contributed by atoms with van der Waals surface area (Å²) in [7, 11) is 0. The molecule has 13 heavy (non-hydrogen) atoms. The van der Waals surface area contributed by atoms with Gasteiger partial charge >= 0.3 is 0 Å². The molecule has 0 aliphatic rings. The van der Waals surface area contributed by atoms with Gasteiger partial charge in [0.1, 0.15) is 0 Å². The van der Waals surface area contributed by atoms with Crippen molar-refractivity contribution in [2.24, 2.45) is 0 Å². The molecule has 0 amide bonds. The van der Waals surface area contributed by atoms with Gasteiger partial charge in [-0.1, -0.05) is 22.0 Å². The summed E-state index contributed by atoms with van der Waals surface area (Å²) >= 11 is 3.29. The zero-order valence-electron chi connectivity index (χ0n) is 6.52. The third-order valence-electron chi connectivity index (χ3n) is 1.87. The maximum absolute atomic E-state index is 12.3. The minimum atomic E-state index is -2.45. The van der Waals surface area contributed by atoms with Gasteiger partial charge in [0, 0.05) is 15.4 Å². The molecule has 0 aliphatic heterocycles. The van der Waals surface area contributed by atoms with Crippen LogP contribution in [0.4, 0.5) is 8.78 Å². The van der Waals surface area contributed by atoms with E-state index in [1.807, 2.05) is 6.07 Å². The van der Waals surface area contributed by atoms with E-state index < -0.39 is 6.43 Å². The Hall–Kier alpha value is -0.900. The topological polar surface area (TPSA) is 15.8 Å². The van der Waals surface area contributed by atoms with E-state index in [2.05, 4.69) is 20.9 Å². The number of alkyl halides is 2. The molecule has 0 aliphatic carbocycles. The Labute approximate surface area is 81.9 Å². The second-order valence-corrected chi connectivity index (χ2v) is 3.58. The van der Waals surface area contributed by atoms with Crippen LogP contribution in [0.2, 0.25) is 0 Å². The molecule has 1 aromatic heterocycles. The standard InChI is InChI=1S/C9H6BrF2N/c10-6-2-1-3-7-5(6)4-8(13-7)9(11)12/h1-4,9,13H. The number of hydrogen-bond donors (Lipinski definition) is 1. The third kappa shape index (κ3) is 1.46. The number of H-pyrrole nitrogens is 1. The maximum Gasteiger partial charge on any atom is 0.278 e. The number of aromatic nitrogens is 1. The van der Waals surface area contributed by atoms with Crippen molar-refractivity contribution in [2.75, 3.05) is 0 Å². The van der Waals surface area contributed by atoms with E-state index in [1.165, 1.54) is 6.07 Å². The third-order valence-corrected chi connectivity index (χ3v) is 2.56. The van der Waals surface area contributed by atoms with Gasteiger partial charge in [-0.3, -0.25) is 0 Å². The first kappa shape index (κ1) is 8.69. The Morgan fingerprint density at radius 3 is 2.69 bits per heavy atom. The minimum Gasteiger partial charge on any atom is -0.354 e.